The summed E-state index contributed by atoms with van der Waals surface area (Å²) in [6, 6.07) is 80.4. The predicted molar refractivity (Wildman–Crippen MR) is 237 cm³/mol. The van der Waals surface area contributed by atoms with Crippen molar-refractivity contribution in [1.29, 1.82) is 0 Å². The minimum absolute atomic E-state index is 0.491. The number of fused-ring (bicyclic) bond motifs is 12. The first-order valence-corrected chi connectivity index (χ1v) is 19.8. The molecule has 1 aromatic heterocycles. The number of para-hydroxylation sites is 5. The number of anilines is 3. The van der Waals surface area contributed by atoms with Gasteiger partial charge in [-0.25, -0.2) is 0 Å². The molecular weight excluding hydrogens is 689 g/mol. The second-order valence-electron chi connectivity index (χ2n) is 15.2. The van der Waals surface area contributed by atoms with Crippen molar-refractivity contribution in [3.8, 4) is 39.1 Å². The Hall–Kier alpha value is -7.42. The Labute approximate surface area is 332 Å². The molecule has 1 aliphatic heterocycles. The molecule has 1 spiro atoms. The van der Waals surface area contributed by atoms with E-state index in [1.54, 1.807) is 0 Å². The van der Waals surface area contributed by atoms with Crippen LogP contribution in [-0.4, -0.2) is 4.57 Å². The third-order valence-corrected chi connectivity index (χ3v) is 12.4. The zero-order valence-corrected chi connectivity index (χ0v) is 31.2. The first-order valence-electron chi connectivity index (χ1n) is 19.8. The monoisotopic (exact) mass is 724 g/mol. The molecule has 0 amide bonds. The highest BCUT2D eigenvalue weighted by atomic mass is 15.1. The van der Waals surface area contributed by atoms with E-state index in [0.717, 1.165) is 17.1 Å². The molecule has 0 saturated heterocycles. The van der Waals surface area contributed by atoms with E-state index >= 15 is 0 Å². The zero-order chi connectivity index (χ0) is 37.5. The van der Waals surface area contributed by atoms with Crippen LogP contribution in [0.3, 0.4) is 0 Å². The maximum atomic E-state index is 2.51. The fraction of sp³-hybridized carbons (Fsp3) is 0.0182. The number of hydrogen-bond donors (Lipinski definition) is 0. The molecule has 0 fully saturated rings. The Morgan fingerprint density at radius 3 is 1.79 bits per heavy atom. The zero-order valence-electron chi connectivity index (χ0n) is 31.2. The SMILES string of the molecule is c1ccc(-c2ccccc2-c2ccccc2N(c2ccccc2)c2ccc3c(c2)-c2ccccc2C32c3ccccc3-n3c4ccccc4c4cccc2c43)cc1. The van der Waals surface area contributed by atoms with Gasteiger partial charge in [0.05, 0.1) is 27.8 Å². The van der Waals surface area contributed by atoms with E-state index in [1.165, 1.54) is 83.1 Å². The van der Waals surface area contributed by atoms with E-state index in [0.29, 0.717) is 0 Å². The van der Waals surface area contributed by atoms with E-state index in [9.17, 15) is 0 Å². The number of rotatable bonds is 5. The van der Waals surface area contributed by atoms with Gasteiger partial charge in [0, 0.05) is 27.7 Å². The minimum atomic E-state index is -0.491. The second kappa shape index (κ2) is 12.3. The van der Waals surface area contributed by atoms with Gasteiger partial charge in [0.15, 0.2) is 0 Å². The lowest BCUT2D eigenvalue weighted by atomic mass is 9.65. The summed E-state index contributed by atoms with van der Waals surface area (Å²) < 4.78 is 2.51. The summed E-state index contributed by atoms with van der Waals surface area (Å²) in [6.45, 7) is 0. The smallest absolute Gasteiger partial charge is 0.0754 e. The average Bonchev–Trinajstić information content (AvgIpc) is 3.78. The Kier molecular flexibility index (Phi) is 6.88. The van der Waals surface area contributed by atoms with Crippen LogP contribution in [0.15, 0.2) is 218 Å². The van der Waals surface area contributed by atoms with Crippen LogP contribution in [-0.2, 0) is 5.41 Å². The van der Waals surface area contributed by atoms with Crippen LogP contribution >= 0.6 is 0 Å². The normalized spacial score (nSPS) is 14.7. The Bertz CT molecular complexity index is 3190. The van der Waals surface area contributed by atoms with Crippen LogP contribution in [0.1, 0.15) is 22.3 Å². The van der Waals surface area contributed by atoms with Crippen molar-refractivity contribution < 1.29 is 0 Å². The largest absolute Gasteiger partial charge is 0.310 e. The predicted octanol–water partition coefficient (Wildman–Crippen LogP) is 14.3. The summed E-state index contributed by atoms with van der Waals surface area (Å²) in [4.78, 5) is 2.44. The van der Waals surface area contributed by atoms with Gasteiger partial charge in [-0.15, -0.1) is 0 Å². The van der Waals surface area contributed by atoms with Crippen molar-refractivity contribution in [2.45, 2.75) is 5.41 Å². The standard InChI is InChI=1S/C55H36N2/c1-3-18-37(19-4-1)40-22-7-8-23-41(40)43-25-10-14-31-51(43)56(38-20-5-2-6-21-38)39-34-35-48-46(36-39)42-24-9-12-28-47(42)55(48)49-29-13-16-33-53(49)57-52-32-15-11-26-44(52)45-27-17-30-50(55)54(45)57/h1-36H. The first kappa shape index (κ1) is 31.9. The molecule has 10 aromatic rings. The summed E-state index contributed by atoms with van der Waals surface area (Å²) in [5.74, 6) is 0. The van der Waals surface area contributed by atoms with Crippen LogP contribution in [0, 0.1) is 0 Å². The van der Waals surface area contributed by atoms with E-state index in [2.05, 4.69) is 228 Å². The second-order valence-corrected chi connectivity index (χ2v) is 15.2. The van der Waals surface area contributed by atoms with Gasteiger partial charge >= 0.3 is 0 Å². The Morgan fingerprint density at radius 2 is 0.947 bits per heavy atom. The van der Waals surface area contributed by atoms with Crippen molar-refractivity contribution in [2.24, 2.45) is 0 Å². The molecule has 2 nitrogen and oxygen atoms in total. The van der Waals surface area contributed by atoms with Crippen molar-refractivity contribution in [2.75, 3.05) is 4.90 Å². The van der Waals surface area contributed by atoms with E-state index in [-0.39, 0.29) is 0 Å². The molecule has 2 heteroatoms. The maximum absolute atomic E-state index is 2.51. The third kappa shape index (κ3) is 4.41. The topological polar surface area (TPSA) is 8.17 Å². The number of aromatic nitrogens is 1. The summed E-state index contributed by atoms with van der Waals surface area (Å²) in [6.07, 6.45) is 0. The molecule has 1 aliphatic carbocycles. The molecule has 2 aliphatic rings. The number of hydrogen-bond acceptors (Lipinski definition) is 1. The van der Waals surface area contributed by atoms with Crippen molar-refractivity contribution in [1.82, 2.24) is 4.57 Å². The molecule has 0 N–H and O–H groups in total. The quantitative estimate of drug-likeness (QED) is 0.172. The van der Waals surface area contributed by atoms with E-state index < -0.39 is 5.41 Å². The molecule has 1 unspecified atom stereocenters. The number of benzene rings is 9. The number of nitrogens with zero attached hydrogens (tertiary/aromatic N) is 2. The highest BCUT2D eigenvalue weighted by Crippen LogP contribution is 2.61. The fourth-order valence-electron chi connectivity index (χ4n) is 10.2. The van der Waals surface area contributed by atoms with Crippen LogP contribution in [0.25, 0.3) is 60.9 Å². The molecule has 266 valence electrons. The van der Waals surface area contributed by atoms with Gasteiger partial charge in [-0.1, -0.05) is 176 Å². The molecule has 12 rings (SSSR count). The van der Waals surface area contributed by atoms with Crippen LogP contribution in [0.2, 0.25) is 0 Å². The lowest BCUT2D eigenvalue weighted by Gasteiger charge is -2.39. The molecule has 9 aromatic carbocycles. The summed E-state index contributed by atoms with van der Waals surface area (Å²) >= 11 is 0. The maximum Gasteiger partial charge on any atom is 0.0754 e. The highest BCUT2D eigenvalue weighted by Gasteiger charge is 2.50. The van der Waals surface area contributed by atoms with Crippen molar-refractivity contribution in [3.63, 3.8) is 0 Å². The third-order valence-electron chi connectivity index (χ3n) is 12.4. The van der Waals surface area contributed by atoms with Gasteiger partial charge in [0.2, 0.25) is 0 Å². The van der Waals surface area contributed by atoms with Gasteiger partial charge in [0.25, 0.3) is 0 Å². The molecule has 57 heavy (non-hydrogen) atoms. The average molecular weight is 725 g/mol. The molecular formula is C55H36N2. The summed E-state index contributed by atoms with van der Waals surface area (Å²) in [5, 5.41) is 2.58. The van der Waals surface area contributed by atoms with Gasteiger partial charge in [-0.3, -0.25) is 0 Å². The van der Waals surface area contributed by atoms with Gasteiger partial charge in [-0.05, 0) is 92.5 Å². The Morgan fingerprint density at radius 1 is 0.351 bits per heavy atom. The van der Waals surface area contributed by atoms with Gasteiger partial charge in [0.1, 0.15) is 0 Å². The molecule has 0 saturated carbocycles. The summed E-state index contributed by atoms with van der Waals surface area (Å²) in [7, 11) is 0. The highest BCUT2D eigenvalue weighted by molar-refractivity contribution is 6.13. The molecule has 0 radical (unpaired) electrons. The summed E-state index contributed by atoms with van der Waals surface area (Å²) in [5.41, 5.74) is 19.3. The lowest BCUT2D eigenvalue weighted by Crippen LogP contribution is -2.33. The van der Waals surface area contributed by atoms with E-state index in [1.807, 2.05) is 0 Å². The minimum Gasteiger partial charge on any atom is -0.310 e. The van der Waals surface area contributed by atoms with E-state index in [4.69, 9.17) is 0 Å². The van der Waals surface area contributed by atoms with Crippen molar-refractivity contribution in [3.05, 3.63) is 241 Å². The fourth-order valence-corrected chi connectivity index (χ4v) is 10.2. The first-order chi connectivity index (χ1) is 28.3. The molecule has 2 heterocycles. The van der Waals surface area contributed by atoms with Crippen LogP contribution in [0.4, 0.5) is 17.1 Å². The lowest BCUT2D eigenvalue weighted by molar-refractivity contribution is 0.748. The van der Waals surface area contributed by atoms with Gasteiger partial charge < -0.3 is 9.47 Å². The van der Waals surface area contributed by atoms with Crippen LogP contribution < -0.4 is 4.90 Å². The van der Waals surface area contributed by atoms with Crippen LogP contribution in [0.5, 0.6) is 0 Å². The Balaban J connectivity index is 1.13. The van der Waals surface area contributed by atoms with Crippen molar-refractivity contribution >= 4 is 38.9 Å². The molecule has 1 atom stereocenters. The molecule has 0 bridgehead atoms. The van der Waals surface area contributed by atoms with Gasteiger partial charge in [-0.2, -0.15) is 0 Å².